The molecule has 0 saturated carbocycles. The minimum Gasteiger partial charge on any atom is -0.381 e. The Kier molecular flexibility index (Phi) is 4.36. The highest BCUT2D eigenvalue weighted by atomic mass is 32.2. The smallest absolute Gasteiger partial charge is 0.238 e. The van der Waals surface area contributed by atoms with Gasteiger partial charge in [-0.2, -0.15) is 0 Å². The van der Waals surface area contributed by atoms with Crippen LogP contribution in [-0.2, 0) is 19.6 Å². The van der Waals surface area contributed by atoms with Crippen LogP contribution in [0.1, 0.15) is 12.8 Å². The molecular weight excluding hydrogens is 287 g/mol. The predicted molar refractivity (Wildman–Crippen MR) is 69.9 cm³/mol. The third-order valence-electron chi connectivity index (χ3n) is 3.06. The molecule has 1 aromatic carbocycles. The van der Waals surface area contributed by atoms with E-state index >= 15 is 0 Å². The molecule has 0 bridgehead atoms. The van der Waals surface area contributed by atoms with E-state index in [0.29, 0.717) is 19.6 Å². The van der Waals surface area contributed by atoms with Crippen LogP contribution in [0.3, 0.4) is 0 Å². The average molecular weight is 302 g/mol. The first-order chi connectivity index (χ1) is 9.38. The minimum atomic E-state index is -3.96. The second-order valence-electron chi connectivity index (χ2n) is 4.59. The molecule has 0 radical (unpaired) electrons. The molecular formula is C12H15FN2O4S. The zero-order chi connectivity index (χ0) is 14.8. The molecule has 1 aliphatic heterocycles. The van der Waals surface area contributed by atoms with E-state index in [2.05, 4.69) is 5.32 Å². The number of hydrogen-bond acceptors (Lipinski definition) is 4. The van der Waals surface area contributed by atoms with E-state index in [1.807, 2.05) is 0 Å². The fourth-order valence-corrected chi connectivity index (χ4v) is 2.48. The first-order valence-corrected chi connectivity index (χ1v) is 7.63. The number of hydrogen-bond donors (Lipinski definition) is 2. The second-order valence-corrected chi connectivity index (χ2v) is 6.15. The number of rotatable bonds is 3. The molecule has 6 nitrogen and oxygen atoms in total. The van der Waals surface area contributed by atoms with E-state index < -0.39 is 15.8 Å². The number of ether oxygens (including phenoxy) is 1. The van der Waals surface area contributed by atoms with Crippen LogP contribution in [0.15, 0.2) is 23.1 Å². The number of carbonyl (C=O) groups is 1. The van der Waals surface area contributed by atoms with Crippen LogP contribution in [0, 0.1) is 11.7 Å². The molecule has 1 atom stereocenters. The van der Waals surface area contributed by atoms with Crippen molar-refractivity contribution >= 4 is 21.6 Å². The summed E-state index contributed by atoms with van der Waals surface area (Å²) in [5.74, 6) is -1.50. The fourth-order valence-electron chi connectivity index (χ4n) is 1.96. The maximum absolute atomic E-state index is 13.7. The van der Waals surface area contributed by atoms with Crippen molar-refractivity contribution in [2.75, 3.05) is 18.5 Å². The SMILES string of the molecule is NS(=O)(=O)c1ccc(NC(=O)C2CCCOC2)c(F)c1. The summed E-state index contributed by atoms with van der Waals surface area (Å²) in [4.78, 5) is 11.6. The summed E-state index contributed by atoms with van der Waals surface area (Å²) in [7, 11) is -3.96. The number of amides is 1. The van der Waals surface area contributed by atoms with Crippen molar-refractivity contribution in [1.29, 1.82) is 0 Å². The first-order valence-electron chi connectivity index (χ1n) is 6.09. The van der Waals surface area contributed by atoms with Gasteiger partial charge >= 0.3 is 0 Å². The van der Waals surface area contributed by atoms with Gasteiger partial charge in [-0.1, -0.05) is 0 Å². The standard InChI is InChI=1S/C12H15FN2O4S/c13-10-6-9(20(14,17)18)3-4-11(10)15-12(16)8-2-1-5-19-7-8/h3-4,6,8H,1-2,5,7H2,(H,15,16)(H2,14,17,18). The Bertz CT molecular complexity index is 612. The van der Waals surface area contributed by atoms with Crippen LogP contribution in [0.2, 0.25) is 0 Å². The summed E-state index contributed by atoms with van der Waals surface area (Å²) >= 11 is 0. The van der Waals surface area contributed by atoms with Crippen molar-refractivity contribution in [3.05, 3.63) is 24.0 Å². The van der Waals surface area contributed by atoms with Gasteiger partial charge in [-0.3, -0.25) is 4.79 Å². The Hall–Kier alpha value is -1.51. The molecule has 110 valence electrons. The zero-order valence-electron chi connectivity index (χ0n) is 10.6. The monoisotopic (exact) mass is 302 g/mol. The number of halogens is 1. The normalized spacial score (nSPS) is 19.6. The number of anilines is 1. The number of nitrogens with one attached hydrogen (secondary N) is 1. The summed E-state index contributed by atoms with van der Waals surface area (Å²) < 4.78 is 41.1. The lowest BCUT2D eigenvalue weighted by atomic mass is 10.0. The Balaban J connectivity index is 2.11. The highest BCUT2D eigenvalue weighted by Crippen LogP contribution is 2.21. The van der Waals surface area contributed by atoms with Gasteiger partial charge in [0, 0.05) is 6.61 Å². The van der Waals surface area contributed by atoms with Crippen molar-refractivity contribution in [1.82, 2.24) is 0 Å². The summed E-state index contributed by atoms with van der Waals surface area (Å²) in [6, 6.07) is 3.10. The molecule has 0 aromatic heterocycles. The molecule has 3 N–H and O–H groups in total. The number of sulfonamides is 1. The minimum absolute atomic E-state index is 0.0760. The number of benzene rings is 1. The summed E-state index contributed by atoms with van der Waals surface area (Å²) in [5, 5.41) is 7.32. The average Bonchev–Trinajstić information content (AvgIpc) is 2.41. The highest BCUT2D eigenvalue weighted by molar-refractivity contribution is 7.89. The lowest BCUT2D eigenvalue weighted by Gasteiger charge is -2.21. The van der Waals surface area contributed by atoms with E-state index in [4.69, 9.17) is 9.88 Å². The molecule has 1 heterocycles. The van der Waals surface area contributed by atoms with Gasteiger partial charge in [0.25, 0.3) is 0 Å². The lowest BCUT2D eigenvalue weighted by Crippen LogP contribution is -2.30. The summed E-state index contributed by atoms with van der Waals surface area (Å²) in [6.45, 7) is 0.934. The molecule has 20 heavy (non-hydrogen) atoms. The molecule has 0 aliphatic carbocycles. The van der Waals surface area contributed by atoms with E-state index in [9.17, 15) is 17.6 Å². The van der Waals surface area contributed by atoms with Gasteiger partial charge in [-0.25, -0.2) is 17.9 Å². The van der Waals surface area contributed by atoms with E-state index in [1.165, 1.54) is 6.07 Å². The van der Waals surface area contributed by atoms with Crippen molar-refractivity contribution in [2.45, 2.75) is 17.7 Å². The molecule has 1 fully saturated rings. The van der Waals surface area contributed by atoms with Gasteiger partial charge in [0.2, 0.25) is 15.9 Å². The molecule has 1 unspecified atom stereocenters. The quantitative estimate of drug-likeness (QED) is 0.864. The van der Waals surface area contributed by atoms with Gasteiger partial charge in [-0.05, 0) is 31.0 Å². The largest absolute Gasteiger partial charge is 0.381 e. The highest BCUT2D eigenvalue weighted by Gasteiger charge is 2.23. The second kappa shape index (κ2) is 5.86. The molecule has 1 amide bonds. The number of primary sulfonamides is 1. The predicted octanol–water partition coefficient (Wildman–Crippen LogP) is 0.838. The summed E-state index contributed by atoms with van der Waals surface area (Å²) in [5.41, 5.74) is -0.0760. The topological polar surface area (TPSA) is 98.5 Å². The number of carbonyl (C=O) groups excluding carboxylic acids is 1. The van der Waals surface area contributed by atoms with Crippen molar-refractivity contribution in [3.8, 4) is 0 Å². The molecule has 0 spiro atoms. The Morgan fingerprint density at radius 1 is 1.45 bits per heavy atom. The summed E-state index contributed by atoms with van der Waals surface area (Å²) in [6.07, 6.45) is 1.47. The molecule has 1 saturated heterocycles. The van der Waals surface area contributed by atoms with Crippen molar-refractivity contribution in [2.24, 2.45) is 11.1 Å². The van der Waals surface area contributed by atoms with E-state index in [1.54, 1.807) is 0 Å². The molecule has 1 aromatic rings. The maximum atomic E-state index is 13.7. The Morgan fingerprint density at radius 2 is 2.20 bits per heavy atom. The first kappa shape index (κ1) is 14.9. The van der Waals surface area contributed by atoms with Gasteiger partial charge < -0.3 is 10.1 Å². The van der Waals surface area contributed by atoms with Crippen LogP contribution in [0.25, 0.3) is 0 Å². The number of nitrogens with two attached hydrogens (primary N) is 1. The van der Waals surface area contributed by atoms with E-state index in [0.717, 1.165) is 18.6 Å². The lowest BCUT2D eigenvalue weighted by molar-refractivity contribution is -0.123. The van der Waals surface area contributed by atoms with Crippen LogP contribution in [0.5, 0.6) is 0 Å². The third kappa shape index (κ3) is 3.53. The van der Waals surface area contributed by atoms with Crippen LogP contribution in [-0.4, -0.2) is 27.5 Å². The molecule has 2 rings (SSSR count). The van der Waals surface area contributed by atoms with Gasteiger partial charge in [-0.15, -0.1) is 0 Å². The van der Waals surface area contributed by atoms with Crippen molar-refractivity contribution < 1.29 is 22.3 Å². The molecule has 1 aliphatic rings. The van der Waals surface area contributed by atoms with Crippen LogP contribution < -0.4 is 10.5 Å². The van der Waals surface area contributed by atoms with Gasteiger partial charge in [0.05, 0.1) is 23.1 Å². The van der Waals surface area contributed by atoms with Gasteiger partial charge in [0.15, 0.2) is 0 Å². The van der Waals surface area contributed by atoms with Gasteiger partial charge in [0.1, 0.15) is 5.82 Å². The van der Waals surface area contributed by atoms with Crippen LogP contribution >= 0.6 is 0 Å². The van der Waals surface area contributed by atoms with Crippen molar-refractivity contribution in [3.63, 3.8) is 0 Å². The Morgan fingerprint density at radius 3 is 2.75 bits per heavy atom. The zero-order valence-corrected chi connectivity index (χ0v) is 11.5. The Labute approximate surface area is 116 Å². The third-order valence-corrected chi connectivity index (χ3v) is 3.97. The van der Waals surface area contributed by atoms with E-state index in [-0.39, 0.29) is 22.4 Å². The molecule has 8 heteroatoms. The fraction of sp³-hybridized carbons (Fsp3) is 0.417. The van der Waals surface area contributed by atoms with Crippen LogP contribution in [0.4, 0.5) is 10.1 Å². The maximum Gasteiger partial charge on any atom is 0.238 e.